The molecule has 6 rings (SSSR count). The van der Waals surface area contributed by atoms with E-state index in [9.17, 15) is 18.0 Å². The van der Waals surface area contributed by atoms with Crippen molar-refractivity contribution >= 4 is 5.69 Å². The molecule has 0 atom stereocenters. The lowest BCUT2D eigenvalue weighted by Crippen LogP contribution is -2.40. The first-order chi connectivity index (χ1) is 19.4. The average Bonchev–Trinajstić information content (AvgIpc) is 3.38. The van der Waals surface area contributed by atoms with Crippen LogP contribution in [0.4, 0.5) is 18.9 Å². The van der Waals surface area contributed by atoms with Gasteiger partial charge in [-0.2, -0.15) is 18.3 Å². The summed E-state index contributed by atoms with van der Waals surface area (Å²) in [5.74, 6) is 0.710. The van der Waals surface area contributed by atoms with E-state index in [1.165, 1.54) is 16.0 Å². The number of piperidine rings is 1. The van der Waals surface area contributed by atoms with E-state index in [-0.39, 0.29) is 30.9 Å². The van der Waals surface area contributed by atoms with E-state index in [0.717, 1.165) is 43.3 Å². The Labute approximate surface area is 230 Å². The van der Waals surface area contributed by atoms with Crippen LogP contribution >= 0.6 is 0 Å². The lowest BCUT2D eigenvalue weighted by molar-refractivity contribution is -0.138. The molecule has 6 nitrogen and oxygen atoms in total. The van der Waals surface area contributed by atoms with Crippen molar-refractivity contribution in [3.8, 4) is 5.75 Å². The van der Waals surface area contributed by atoms with Gasteiger partial charge in [0.1, 0.15) is 17.4 Å². The number of ether oxygens (including phenoxy) is 1. The number of hydrogen-bond donors (Lipinski definition) is 1. The fourth-order valence-corrected chi connectivity index (χ4v) is 5.85. The number of halogens is 3. The van der Waals surface area contributed by atoms with Gasteiger partial charge in [-0.3, -0.25) is 9.69 Å². The van der Waals surface area contributed by atoms with E-state index >= 15 is 0 Å². The Morgan fingerprint density at radius 3 is 2.12 bits per heavy atom. The molecule has 0 unspecified atom stereocenters. The minimum atomic E-state index is -4.77. The lowest BCUT2D eigenvalue weighted by Gasteiger charge is -2.38. The van der Waals surface area contributed by atoms with Crippen LogP contribution in [0.15, 0.2) is 89.9 Å². The van der Waals surface area contributed by atoms with Crippen molar-refractivity contribution in [1.82, 2.24) is 15.1 Å². The standard InChI is InChI=1S/C31H29F3N4O2/c32-31(33,34)28-27(18-35-36-30(28)39)38-19-23-11-12-26(17-24(23)20-38)40-25-13-15-37(16-14-25)29(21-7-3-1-4-8-21)22-9-5-2-6-10-22/h1-12,17-18,25,29H,13-16,19-20H2,(H,36,39). The molecule has 0 amide bonds. The summed E-state index contributed by atoms with van der Waals surface area (Å²) < 4.78 is 47.1. The highest BCUT2D eigenvalue weighted by atomic mass is 19.4. The van der Waals surface area contributed by atoms with Crippen LogP contribution in [-0.2, 0) is 19.3 Å². The van der Waals surface area contributed by atoms with E-state index in [0.29, 0.717) is 5.75 Å². The van der Waals surface area contributed by atoms with Crippen molar-refractivity contribution in [2.45, 2.75) is 44.3 Å². The number of rotatable bonds is 6. The maximum Gasteiger partial charge on any atom is 0.423 e. The molecule has 1 aromatic heterocycles. The molecule has 0 spiro atoms. The Bertz CT molecular complexity index is 1480. The molecular formula is C31H29F3N4O2. The van der Waals surface area contributed by atoms with Crippen LogP contribution in [0, 0.1) is 0 Å². The Hall–Kier alpha value is -4.11. The summed E-state index contributed by atoms with van der Waals surface area (Å²) in [6, 6.07) is 26.9. The van der Waals surface area contributed by atoms with Crippen molar-refractivity contribution in [1.29, 1.82) is 0 Å². The second-order valence-electron chi connectivity index (χ2n) is 10.3. The third-order valence-electron chi connectivity index (χ3n) is 7.74. The number of likely N-dealkylation sites (tertiary alicyclic amines) is 1. The highest BCUT2D eigenvalue weighted by molar-refractivity contribution is 5.56. The molecule has 3 heterocycles. The summed E-state index contributed by atoms with van der Waals surface area (Å²) in [6.07, 6.45) is -1.92. The molecular weight excluding hydrogens is 517 g/mol. The van der Waals surface area contributed by atoms with Gasteiger partial charge in [-0.25, -0.2) is 5.10 Å². The second kappa shape index (κ2) is 10.8. The zero-order valence-corrected chi connectivity index (χ0v) is 21.8. The van der Waals surface area contributed by atoms with Crippen LogP contribution in [0.3, 0.4) is 0 Å². The molecule has 3 aromatic carbocycles. The summed E-state index contributed by atoms with van der Waals surface area (Å²) in [6.45, 7) is 2.28. The Morgan fingerprint density at radius 1 is 0.875 bits per heavy atom. The summed E-state index contributed by atoms with van der Waals surface area (Å²) in [4.78, 5) is 16.0. The maximum atomic E-state index is 13.6. The predicted octanol–water partition coefficient (Wildman–Crippen LogP) is 5.94. The Kier molecular flexibility index (Phi) is 7.06. The first kappa shape index (κ1) is 26.1. The van der Waals surface area contributed by atoms with Gasteiger partial charge in [0.15, 0.2) is 0 Å². The number of H-pyrrole nitrogens is 1. The van der Waals surface area contributed by atoms with Gasteiger partial charge in [-0.15, -0.1) is 0 Å². The number of hydrogen-bond acceptors (Lipinski definition) is 5. The third kappa shape index (κ3) is 5.34. The summed E-state index contributed by atoms with van der Waals surface area (Å²) in [7, 11) is 0. The summed E-state index contributed by atoms with van der Waals surface area (Å²) >= 11 is 0. The number of aromatic amines is 1. The first-order valence-corrected chi connectivity index (χ1v) is 13.4. The van der Waals surface area contributed by atoms with Crippen LogP contribution in [0.2, 0.25) is 0 Å². The van der Waals surface area contributed by atoms with Crippen LogP contribution < -0.4 is 15.2 Å². The van der Waals surface area contributed by atoms with Gasteiger partial charge in [-0.05, 0) is 47.2 Å². The fourth-order valence-electron chi connectivity index (χ4n) is 5.85. The van der Waals surface area contributed by atoms with Crippen molar-refractivity contribution in [3.63, 3.8) is 0 Å². The number of nitrogens with zero attached hydrogens (tertiary/aromatic N) is 3. The molecule has 1 saturated heterocycles. The summed E-state index contributed by atoms with van der Waals surface area (Å²) in [5.41, 5.74) is 1.65. The van der Waals surface area contributed by atoms with Crippen LogP contribution in [0.5, 0.6) is 5.75 Å². The predicted molar refractivity (Wildman–Crippen MR) is 146 cm³/mol. The van der Waals surface area contributed by atoms with Gasteiger partial charge in [0.2, 0.25) is 0 Å². The van der Waals surface area contributed by atoms with Gasteiger partial charge in [0, 0.05) is 26.2 Å². The molecule has 4 aromatic rings. The minimum Gasteiger partial charge on any atom is -0.490 e. The molecule has 0 bridgehead atoms. The minimum absolute atomic E-state index is 0.0488. The van der Waals surface area contributed by atoms with Crippen molar-refractivity contribution in [3.05, 3.63) is 123 Å². The highest BCUT2D eigenvalue weighted by Crippen LogP contribution is 2.38. The van der Waals surface area contributed by atoms with E-state index in [4.69, 9.17) is 4.74 Å². The largest absolute Gasteiger partial charge is 0.490 e. The Balaban J connectivity index is 1.13. The van der Waals surface area contributed by atoms with Crippen molar-refractivity contribution in [2.24, 2.45) is 0 Å². The number of fused-ring (bicyclic) bond motifs is 1. The topological polar surface area (TPSA) is 61.5 Å². The molecule has 0 radical (unpaired) electrons. The number of alkyl halides is 3. The molecule has 0 saturated carbocycles. The molecule has 2 aliphatic heterocycles. The number of aromatic nitrogens is 2. The average molecular weight is 547 g/mol. The first-order valence-electron chi connectivity index (χ1n) is 13.4. The lowest BCUT2D eigenvalue weighted by atomic mass is 9.94. The van der Waals surface area contributed by atoms with Crippen LogP contribution in [-0.4, -0.2) is 34.3 Å². The molecule has 1 fully saturated rings. The van der Waals surface area contributed by atoms with Gasteiger partial charge in [0.05, 0.1) is 17.9 Å². The van der Waals surface area contributed by atoms with Crippen molar-refractivity contribution < 1.29 is 17.9 Å². The number of nitrogens with one attached hydrogen (secondary N) is 1. The monoisotopic (exact) mass is 546 g/mol. The molecule has 40 heavy (non-hydrogen) atoms. The Morgan fingerprint density at radius 2 is 1.50 bits per heavy atom. The molecule has 2 aliphatic rings. The van der Waals surface area contributed by atoms with E-state index < -0.39 is 17.3 Å². The van der Waals surface area contributed by atoms with E-state index in [2.05, 4.69) is 58.5 Å². The SMILES string of the molecule is O=c1[nH]ncc(N2Cc3ccc(OC4CCN(C(c5ccccc5)c5ccccc5)CC4)cc3C2)c1C(F)(F)F. The molecule has 9 heteroatoms. The fraction of sp³-hybridized carbons (Fsp3) is 0.290. The second-order valence-corrected chi connectivity index (χ2v) is 10.3. The normalized spacial score (nSPS) is 16.4. The van der Waals surface area contributed by atoms with Gasteiger partial charge in [-0.1, -0.05) is 66.7 Å². The quantitative estimate of drug-likeness (QED) is 0.324. The van der Waals surface area contributed by atoms with Gasteiger partial charge >= 0.3 is 6.18 Å². The van der Waals surface area contributed by atoms with E-state index in [1.54, 1.807) is 0 Å². The molecule has 1 N–H and O–H groups in total. The maximum absolute atomic E-state index is 13.6. The van der Waals surface area contributed by atoms with Crippen LogP contribution in [0.1, 0.15) is 46.7 Å². The molecule has 0 aliphatic carbocycles. The summed E-state index contributed by atoms with van der Waals surface area (Å²) in [5, 5.41) is 5.51. The van der Waals surface area contributed by atoms with Crippen LogP contribution in [0.25, 0.3) is 0 Å². The zero-order chi connectivity index (χ0) is 27.7. The molecule has 206 valence electrons. The smallest absolute Gasteiger partial charge is 0.423 e. The number of benzene rings is 3. The van der Waals surface area contributed by atoms with Crippen molar-refractivity contribution in [2.75, 3.05) is 18.0 Å². The highest BCUT2D eigenvalue weighted by Gasteiger charge is 2.39. The van der Waals surface area contributed by atoms with E-state index in [1.807, 2.05) is 35.4 Å². The van der Waals surface area contributed by atoms with Gasteiger partial charge < -0.3 is 9.64 Å². The third-order valence-corrected chi connectivity index (χ3v) is 7.74. The zero-order valence-electron chi connectivity index (χ0n) is 21.8. The van der Waals surface area contributed by atoms with Gasteiger partial charge in [0.25, 0.3) is 5.56 Å². The number of anilines is 1.